The summed E-state index contributed by atoms with van der Waals surface area (Å²) in [5, 5.41) is 10.8. The van der Waals surface area contributed by atoms with Crippen LogP contribution in [0.25, 0.3) is 0 Å². The van der Waals surface area contributed by atoms with Crippen LogP contribution in [0.4, 0.5) is 4.79 Å². The molecule has 1 atom stereocenters. The molecule has 0 radical (unpaired) electrons. The zero-order valence-corrected chi connectivity index (χ0v) is 21.5. The smallest absolute Gasteiger partial charge is 0.415 e. The highest BCUT2D eigenvalue weighted by molar-refractivity contribution is 5.96. The van der Waals surface area contributed by atoms with Gasteiger partial charge in [0.25, 0.3) is 0 Å². The lowest BCUT2D eigenvalue weighted by Crippen LogP contribution is -2.34. The topological polar surface area (TPSA) is 94.5 Å². The molecular weight excluding hydrogens is 462 g/mol. The summed E-state index contributed by atoms with van der Waals surface area (Å²) in [6.07, 6.45) is 3.37. The van der Waals surface area contributed by atoms with E-state index in [9.17, 15) is 14.7 Å². The predicted octanol–water partition coefficient (Wildman–Crippen LogP) is 5.92. The first kappa shape index (κ1) is 25.8. The van der Waals surface area contributed by atoms with Gasteiger partial charge in [-0.2, -0.15) is 0 Å². The van der Waals surface area contributed by atoms with E-state index in [0.717, 1.165) is 31.2 Å². The number of nitrogens with zero attached hydrogens (tertiary/aromatic N) is 1. The summed E-state index contributed by atoms with van der Waals surface area (Å²) >= 11 is 0. The van der Waals surface area contributed by atoms with E-state index >= 15 is 0 Å². The highest BCUT2D eigenvalue weighted by Crippen LogP contribution is 2.44. The van der Waals surface area contributed by atoms with Gasteiger partial charge in [-0.05, 0) is 61.9 Å². The molecule has 0 spiro atoms. The molecule has 36 heavy (non-hydrogen) atoms. The van der Waals surface area contributed by atoms with Crippen LogP contribution in [-0.4, -0.2) is 42.3 Å². The third-order valence-corrected chi connectivity index (χ3v) is 6.52. The summed E-state index contributed by atoms with van der Waals surface area (Å²) in [6.45, 7) is 7.15. The Morgan fingerprint density at radius 1 is 1.14 bits per heavy atom. The van der Waals surface area contributed by atoms with E-state index < -0.39 is 18.2 Å². The molecule has 2 aliphatic rings. The van der Waals surface area contributed by atoms with Crippen molar-refractivity contribution in [2.24, 2.45) is 5.92 Å². The van der Waals surface area contributed by atoms with Gasteiger partial charge in [-0.1, -0.05) is 26.7 Å². The standard InChI is InChI=1S/C28H35NO7/c1-17(2)13-21(30)20-9-10-22-24(26(20)33-4)27(31)34-16-19-14-18(3)15-23(25(19)35-22)36-28(32)29-11-7-5-6-8-12-29/h9-10,14-15,17,21,30H,5-8,11-13,16H2,1-4H3/t21-/m0/s1. The van der Waals surface area contributed by atoms with Crippen molar-refractivity contribution >= 4 is 12.1 Å². The third kappa shape index (κ3) is 5.59. The number of esters is 1. The van der Waals surface area contributed by atoms with Crippen molar-refractivity contribution in [3.05, 3.63) is 46.5 Å². The van der Waals surface area contributed by atoms with Crippen molar-refractivity contribution in [3.8, 4) is 23.0 Å². The zero-order chi connectivity index (χ0) is 25.8. The molecule has 0 aliphatic carbocycles. The molecule has 2 aromatic rings. The molecule has 194 valence electrons. The van der Waals surface area contributed by atoms with Crippen LogP contribution in [-0.2, 0) is 11.3 Å². The molecule has 1 saturated heterocycles. The molecule has 8 heteroatoms. The van der Waals surface area contributed by atoms with E-state index in [0.29, 0.717) is 36.4 Å². The van der Waals surface area contributed by atoms with Crippen molar-refractivity contribution in [1.29, 1.82) is 0 Å². The van der Waals surface area contributed by atoms with E-state index in [4.69, 9.17) is 18.9 Å². The lowest BCUT2D eigenvalue weighted by Gasteiger charge is -2.25. The Hall–Kier alpha value is -3.26. The Labute approximate surface area is 212 Å². The number of rotatable bonds is 5. The molecule has 0 unspecified atom stereocenters. The number of benzene rings is 2. The summed E-state index contributed by atoms with van der Waals surface area (Å²) in [7, 11) is 1.44. The Kier molecular flexibility index (Phi) is 8.04. The number of aliphatic hydroxyl groups excluding tert-OH is 1. The number of likely N-dealkylation sites (tertiary alicyclic amines) is 1. The maximum atomic E-state index is 13.1. The number of hydrogen-bond acceptors (Lipinski definition) is 7. The van der Waals surface area contributed by atoms with Crippen LogP contribution in [0.1, 0.15) is 79.1 Å². The van der Waals surface area contributed by atoms with E-state index in [1.165, 1.54) is 7.11 Å². The normalized spacial score (nSPS) is 16.5. The van der Waals surface area contributed by atoms with Gasteiger partial charge in [-0.25, -0.2) is 9.59 Å². The highest BCUT2D eigenvalue weighted by atomic mass is 16.6. The van der Waals surface area contributed by atoms with Crippen LogP contribution in [0.2, 0.25) is 0 Å². The van der Waals surface area contributed by atoms with Crippen molar-refractivity contribution in [1.82, 2.24) is 4.90 Å². The first-order chi connectivity index (χ1) is 17.3. The fraction of sp³-hybridized carbons (Fsp3) is 0.500. The van der Waals surface area contributed by atoms with Crippen LogP contribution in [0.3, 0.4) is 0 Å². The third-order valence-electron chi connectivity index (χ3n) is 6.52. The fourth-order valence-corrected chi connectivity index (χ4v) is 4.76. The average Bonchev–Trinajstić information content (AvgIpc) is 3.12. The number of fused-ring (bicyclic) bond motifs is 2. The largest absolute Gasteiger partial charge is 0.495 e. The predicted molar refractivity (Wildman–Crippen MR) is 134 cm³/mol. The van der Waals surface area contributed by atoms with Crippen LogP contribution >= 0.6 is 0 Å². The zero-order valence-electron chi connectivity index (χ0n) is 21.5. The number of hydrogen-bond donors (Lipinski definition) is 1. The SMILES string of the molecule is COc1c([C@@H](O)CC(C)C)ccc2c1C(=O)OCc1cc(C)cc(OC(=O)N3CCCCCC3)c1O2. The molecule has 8 nitrogen and oxygen atoms in total. The quantitative estimate of drug-likeness (QED) is 0.512. The van der Waals surface area contributed by atoms with Crippen LogP contribution < -0.4 is 14.2 Å². The molecule has 2 aliphatic heterocycles. The van der Waals surface area contributed by atoms with Gasteiger partial charge >= 0.3 is 12.1 Å². The van der Waals surface area contributed by atoms with Gasteiger partial charge in [0.1, 0.15) is 23.7 Å². The molecule has 2 aromatic carbocycles. The lowest BCUT2D eigenvalue weighted by molar-refractivity contribution is 0.0453. The monoisotopic (exact) mass is 497 g/mol. The second-order valence-electron chi connectivity index (χ2n) is 9.91. The second-order valence-corrected chi connectivity index (χ2v) is 9.91. The molecule has 2 heterocycles. The Morgan fingerprint density at radius 2 is 1.86 bits per heavy atom. The Bertz CT molecular complexity index is 1120. The first-order valence-corrected chi connectivity index (χ1v) is 12.6. The van der Waals surface area contributed by atoms with Gasteiger partial charge in [-0.15, -0.1) is 0 Å². The van der Waals surface area contributed by atoms with Gasteiger partial charge < -0.3 is 29.0 Å². The average molecular weight is 498 g/mol. The summed E-state index contributed by atoms with van der Waals surface area (Å²) in [6, 6.07) is 6.90. The summed E-state index contributed by atoms with van der Waals surface area (Å²) in [4.78, 5) is 27.8. The van der Waals surface area contributed by atoms with E-state index in [1.54, 1.807) is 23.1 Å². The molecular formula is C28H35NO7. The van der Waals surface area contributed by atoms with Crippen molar-refractivity contribution < 1.29 is 33.6 Å². The number of ether oxygens (including phenoxy) is 4. The maximum absolute atomic E-state index is 13.1. The Balaban J connectivity index is 1.72. The van der Waals surface area contributed by atoms with Gasteiger partial charge in [-0.3, -0.25) is 0 Å². The summed E-state index contributed by atoms with van der Waals surface area (Å²) < 4.78 is 23.3. The number of carbonyl (C=O) groups excluding carboxylic acids is 2. The minimum Gasteiger partial charge on any atom is -0.495 e. The van der Waals surface area contributed by atoms with Gasteiger partial charge in [0.2, 0.25) is 0 Å². The molecule has 0 saturated carbocycles. The highest BCUT2D eigenvalue weighted by Gasteiger charge is 2.31. The molecule has 1 amide bonds. The summed E-state index contributed by atoms with van der Waals surface area (Å²) in [5.41, 5.74) is 2.02. The van der Waals surface area contributed by atoms with E-state index in [2.05, 4.69) is 0 Å². The number of aryl methyl sites for hydroxylation is 1. The minimum absolute atomic E-state index is 0.0640. The molecule has 0 aromatic heterocycles. The first-order valence-electron chi connectivity index (χ1n) is 12.6. The number of amides is 1. The van der Waals surface area contributed by atoms with Crippen LogP contribution in [0.15, 0.2) is 24.3 Å². The number of aliphatic hydroxyl groups is 1. The lowest BCUT2D eigenvalue weighted by atomic mass is 9.96. The number of carbonyl (C=O) groups is 2. The molecule has 1 fully saturated rings. The minimum atomic E-state index is -0.816. The van der Waals surface area contributed by atoms with Crippen LogP contribution in [0.5, 0.6) is 23.0 Å². The van der Waals surface area contributed by atoms with E-state index in [1.807, 2.05) is 26.8 Å². The fourth-order valence-electron chi connectivity index (χ4n) is 4.76. The van der Waals surface area contributed by atoms with Gasteiger partial charge in [0.15, 0.2) is 11.5 Å². The summed E-state index contributed by atoms with van der Waals surface area (Å²) in [5.74, 6) is 0.627. The molecule has 4 rings (SSSR count). The van der Waals surface area contributed by atoms with Gasteiger partial charge in [0, 0.05) is 24.2 Å². The number of methoxy groups -OCH3 is 1. The van der Waals surface area contributed by atoms with Crippen molar-refractivity contribution in [2.45, 2.75) is 65.6 Å². The maximum Gasteiger partial charge on any atom is 0.415 e. The van der Waals surface area contributed by atoms with Crippen molar-refractivity contribution in [2.75, 3.05) is 20.2 Å². The van der Waals surface area contributed by atoms with Crippen LogP contribution in [0, 0.1) is 12.8 Å². The second kappa shape index (κ2) is 11.2. The van der Waals surface area contributed by atoms with E-state index in [-0.39, 0.29) is 35.3 Å². The number of cyclic esters (lactones) is 1. The van der Waals surface area contributed by atoms with Crippen molar-refractivity contribution in [3.63, 3.8) is 0 Å². The Morgan fingerprint density at radius 3 is 2.53 bits per heavy atom. The molecule has 0 bridgehead atoms. The molecule has 1 N–H and O–H groups in total. The van der Waals surface area contributed by atoms with Gasteiger partial charge in [0.05, 0.1) is 13.2 Å².